The second-order valence-electron chi connectivity index (χ2n) is 4.53. The van der Waals surface area contributed by atoms with Crippen molar-refractivity contribution >= 4 is 39.1 Å². The van der Waals surface area contributed by atoms with Gasteiger partial charge in [0.1, 0.15) is 4.88 Å². The van der Waals surface area contributed by atoms with Crippen LogP contribution < -0.4 is 5.32 Å². The molecule has 6 heteroatoms. The van der Waals surface area contributed by atoms with E-state index in [-0.39, 0.29) is 11.8 Å². The van der Waals surface area contributed by atoms with Crippen molar-refractivity contribution in [3.8, 4) is 0 Å². The van der Waals surface area contributed by atoms with E-state index in [4.69, 9.17) is 0 Å². The number of rotatable bonds is 4. The minimum Gasteiger partial charge on any atom is -0.355 e. The number of halogens is 1. The smallest absolute Gasteiger partial charge is 0.265 e. The third kappa shape index (κ3) is 3.71. The molecule has 1 heterocycles. The maximum atomic E-state index is 12.3. The zero-order valence-electron chi connectivity index (χ0n) is 11.7. The highest BCUT2D eigenvalue weighted by Gasteiger charge is 2.16. The quantitative estimate of drug-likeness (QED) is 0.903. The van der Waals surface area contributed by atoms with Crippen LogP contribution in [0.3, 0.4) is 0 Å². The van der Waals surface area contributed by atoms with Gasteiger partial charge in [0.15, 0.2) is 0 Å². The zero-order chi connectivity index (χ0) is 15.4. The SMILES string of the molecule is CNC(=O)c1ccc(CN(C)C(=O)c2sccc2Br)cc1. The molecule has 2 rings (SSSR count). The third-order valence-corrected chi connectivity index (χ3v) is 4.85. The van der Waals surface area contributed by atoms with Crippen LogP contribution in [-0.4, -0.2) is 30.8 Å². The van der Waals surface area contributed by atoms with Gasteiger partial charge in [-0.15, -0.1) is 11.3 Å². The first-order valence-electron chi connectivity index (χ1n) is 6.32. The van der Waals surface area contributed by atoms with E-state index in [1.165, 1.54) is 11.3 Å². The summed E-state index contributed by atoms with van der Waals surface area (Å²) in [5, 5.41) is 4.46. The average molecular weight is 367 g/mol. The molecule has 0 saturated carbocycles. The molecule has 1 aromatic heterocycles. The molecule has 2 aromatic rings. The number of carbonyl (C=O) groups excluding carboxylic acids is 2. The summed E-state index contributed by atoms with van der Waals surface area (Å²) in [5.74, 6) is -0.138. The van der Waals surface area contributed by atoms with Gasteiger partial charge in [0, 0.05) is 30.7 Å². The summed E-state index contributed by atoms with van der Waals surface area (Å²) in [5.41, 5.74) is 1.59. The van der Waals surface area contributed by atoms with Gasteiger partial charge in [0.25, 0.3) is 11.8 Å². The highest BCUT2D eigenvalue weighted by atomic mass is 79.9. The number of nitrogens with one attached hydrogen (secondary N) is 1. The molecular formula is C15H15BrN2O2S. The molecule has 21 heavy (non-hydrogen) atoms. The number of amides is 2. The van der Waals surface area contributed by atoms with Gasteiger partial charge in [0.2, 0.25) is 0 Å². The van der Waals surface area contributed by atoms with Gasteiger partial charge in [-0.3, -0.25) is 9.59 Å². The van der Waals surface area contributed by atoms with Crippen molar-refractivity contribution in [1.29, 1.82) is 0 Å². The van der Waals surface area contributed by atoms with Crippen molar-refractivity contribution in [3.05, 3.63) is 56.2 Å². The number of nitrogens with zero attached hydrogens (tertiary/aromatic N) is 1. The molecule has 0 spiro atoms. The fourth-order valence-electron chi connectivity index (χ4n) is 1.87. The van der Waals surface area contributed by atoms with Crippen LogP contribution in [0.15, 0.2) is 40.2 Å². The van der Waals surface area contributed by atoms with Crippen molar-refractivity contribution in [2.75, 3.05) is 14.1 Å². The van der Waals surface area contributed by atoms with Crippen LogP contribution in [0.4, 0.5) is 0 Å². The van der Waals surface area contributed by atoms with Crippen LogP contribution in [0.1, 0.15) is 25.6 Å². The lowest BCUT2D eigenvalue weighted by molar-refractivity contribution is 0.0788. The maximum absolute atomic E-state index is 12.3. The van der Waals surface area contributed by atoms with E-state index >= 15 is 0 Å². The summed E-state index contributed by atoms with van der Waals surface area (Å²) in [7, 11) is 3.36. The topological polar surface area (TPSA) is 49.4 Å². The van der Waals surface area contributed by atoms with Crippen LogP contribution >= 0.6 is 27.3 Å². The van der Waals surface area contributed by atoms with Gasteiger partial charge < -0.3 is 10.2 Å². The van der Waals surface area contributed by atoms with Crippen molar-refractivity contribution in [1.82, 2.24) is 10.2 Å². The second-order valence-corrected chi connectivity index (χ2v) is 6.31. The Morgan fingerprint density at radius 1 is 1.24 bits per heavy atom. The molecule has 2 amide bonds. The lowest BCUT2D eigenvalue weighted by atomic mass is 10.1. The van der Waals surface area contributed by atoms with E-state index in [0.717, 1.165) is 10.0 Å². The van der Waals surface area contributed by atoms with Gasteiger partial charge in [-0.05, 0) is 45.1 Å². The largest absolute Gasteiger partial charge is 0.355 e. The molecule has 0 unspecified atom stereocenters. The Morgan fingerprint density at radius 2 is 1.90 bits per heavy atom. The van der Waals surface area contributed by atoms with Crippen LogP contribution in [0, 0.1) is 0 Å². The molecule has 1 N–H and O–H groups in total. The summed E-state index contributed by atoms with van der Waals surface area (Å²) < 4.78 is 0.819. The number of benzene rings is 1. The molecule has 0 fully saturated rings. The fraction of sp³-hybridized carbons (Fsp3) is 0.200. The zero-order valence-corrected chi connectivity index (χ0v) is 14.1. The van der Waals surface area contributed by atoms with E-state index in [2.05, 4.69) is 21.2 Å². The van der Waals surface area contributed by atoms with E-state index in [0.29, 0.717) is 17.0 Å². The molecule has 0 aliphatic carbocycles. The molecule has 1 aromatic carbocycles. The van der Waals surface area contributed by atoms with E-state index in [9.17, 15) is 9.59 Å². The molecule has 0 aliphatic heterocycles. The molecular weight excluding hydrogens is 352 g/mol. The summed E-state index contributed by atoms with van der Waals surface area (Å²) in [6, 6.07) is 9.10. The van der Waals surface area contributed by atoms with Gasteiger partial charge in [0.05, 0.1) is 0 Å². The summed E-state index contributed by atoms with van der Waals surface area (Å²) >= 11 is 4.79. The fourth-order valence-corrected chi connectivity index (χ4v) is 3.41. The maximum Gasteiger partial charge on any atom is 0.265 e. The number of hydrogen-bond acceptors (Lipinski definition) is 3. The van der Waals surface area contributed by atoms with Gasteiger partial charge in [-0.2, -0.15) is 0 Å². The Morgan fingerprint density at radius 3 is 2.43 bits per heavy atom. The van der Waals surface area contributed by atoms with Gasteiger partial charge in [-0.25, -0.2) is 0 Å². The Labute approximate surface area is 135 Å². The summed E-state index contributed by atoms with van der Waals surface area (Å²) in [4.78, 5) is 26.1. The Hall–Kier alpha value is -1.66. The Bertz CT molecular complexity index is 652. The summed E-state index contributed by atoms with van der Waals surface area (Å²) in [6.45, 7) is 0.497. The predicted molar refractivity (Wildman–Crippen MR) is 87.6 cm³/mol. The van der Waals surface area contributed by atoms with E-state index in [1.807, 2.05) is 23.6 Å². The van der Waals surface area contributed by atoms with Crippen molar-refractivity contribution < 1.29 is 9.59 Å². The number of hydrogen-bond donors (Lipinski definition) is 1. The van der Waals surface area contributed by atoms with Crippen molar-refractivity contribution in [2.45, 2.75) is 6.54 Å². The first kappa shape index (κ1) is 15.7. The lowest BCUT2D eigenvalue weighted by Crippen LogP contribution is -2.25. The Balaban J connectivity index is 2.06. The monoisotopic (exact) mass is 366 g/mol. The second kappa shape index (κ2) is 6.87. The molecule has 110 valence electrons. The molecule has 0 saturated heterocycles. The summed E-state index contributed by atoms with van der Waals surface area (Å²) in [6.07, 6.45) is 0. The molecule has 0 aliphatic rings. The van der Waals surface area contributed by atoms with Gasteiger partial charge in [-0.1, -0.05) is 12.1 Å². The van der Waals surface area contributed by atoms with Crippen LogP contribution in [0.2, 0.25) is 0 Å². The highest BCUT2D eigenvalue weighted by Crippen LogP contribution is 2.24. The highest BCUT2D eigenvalue weighted by molar-refractivity contribution is 9.10. The van der Waals surface area contributed by atoms with E-state index in [1.54, 1.807) is 31.1 Å². The van der Waals surface area contributed by atoms with Crippen LogP contribution in [0.25, 0.3) is 0 Å². The van der Waals surface area contributed by atoms with Crippen molar-refractivity contribution in [2.24, 2.45) is 0 Å². The normalized spacial score (nSPS) is 10.2. The minimum atomic E-state index is -0.117. The first-order valence-corrected chi connectivity index (χ1v) is 7.99. The van der Waals surface area contributed by atoms with Crippen LogP contribution in [-0.2, 0) is 6.54 Å². The van der Waals surface area contributed by atoms with Gasteiger partial charge >= 0.3 is 0 Å². The molecule has 4 nitrogen and oxygen atoms in total. The average Bonchev–Trinajstić information content (AvgIpc) is 2.92. The first-order chi connectivity index (χ1) is 10.0. The molecule has 0 radical (unpaired) electrons. The van der Waals surface area contributed by atoms with E-state index < -0.39 is 0 Å². The molecule has 0 atom stereocenters. The van der Waals surface area contributed by atoms with Crippen molar-refractivity contribution in [3.63, 3.8) is 0 Å². The number of thiophene rings is 1. The Kier molecular flexibility index (Phi) is 5.14. The lowest BCUT2D eigenvalue weighted by Gasteiger charge is -2.17. The number of carbonyl (C=O) groups is 2. The van der Waals surface area contributed by atoms with Crippen LogP contribution in [0.5, 0.6) is 0 Å². The minimum absolute atomic E-state index is 0.0211. The predicted octanol–water partition coefficient (Wildman–Crippen LogP) is 3.14. The standard InChI is InChI=1S/C15H15BrN2O2S/c1-17-14(19)11-5-3-10(4-6-11)9-18(2)15(20)13-12(16)7-8-21-13/h3-8H,9H2,1-2H3,(H,17,19). The molecule has 0 bridgehead atoms. The third-order valence-electron chi connectivity index (χ3n) is 3.02.